The van der Waals surface area contributed by atoms with Gasteiger partial charge in [0.1, 0.15) is 11.9 Å². The first kappa shape index (κ1) is 17.4. The number of nitrogens with zero attached hydrogens (tertiary/aromatic N) is 2. The number of hydrogen-bond donors (Lipinski definition) is 0. The second kappa shape index (κ2) is 7.25. The Morgan fingerprint density at radius 2 is 1.84 bits per heavy atom. The largest absolute Gasteiger partial charge is 0.497 e. The van der Waals surface area contributed by atoms with E-state index in [4.69, 9.17) is 9.57 Å². The highest BCUT2D eigenvalue weighted by Crippen LogP contribution is 2.22. The topological polar surface area (TPSA) is 68.2 Å². The molecule has 6 nitrogen and oxygen atoms in total. The Morgan fingerprint density at radius 3 is 2.48 bits per heavy atom. The fourth-order valence-electron chi connectivity index (χ4n) is 2.64. The summed E-state index contributed by atoms with van der Waals surface area (Å²) in [7, 11) is -0.503. The third-order valence-electron chi connectivity index (χ3n) is 4.07. The van der Waals surface area contributed by atoms with Crippen molar-refractivity contribution in [3.8, 4) is 5.75 Å². The van der Waals surface area contributed by atoms with E-state index in [1.807, 2.05) is 30.3 Å². The van der Waals surface area contributed by atoms with Crippen molar-refractivity contribution in [2.45, 2.75) is 17.4 Å². The van der Waals surface area contributed by atoms with Crippen LogP contribution in [0.15, 0.2) is 64.6 Å². The van der Waals surface area contributed by atoms with Crippen molar-refractivity contribution in [1.29, 1.82) is 0 Å². The maximum absolute atomic E-state index is 12.7. The minimum Gasteiger partial charge on any atom is -0.497 e. The van der Waals surface area contributed by atoms with Crippen LogP contribution in [-0.4, -0.2) is 45.2 Å². The summed E-state index contributed by atoms with van der Waals surface area (Å²) in [5.41, 5.74) is 1.83. The summed E-state index contributed by atoms with van der Waals surface area (Å²) in [6, 6.07) is 16.1. The van der Waals surface area contributed by atoms with Gasteiger partial charge in [0.2, 0.25) is 10.0 Å². The molecule has 1 atom stereocenters. The van der Waals surface area contributed by atoms with Crippen LogP contribution in [0.25, 0.3) is 0 Å². The number of sulfonamides is 1. The quantitative estimate of drug-likeness (QED) is 0.794. The first-order chi connectivity index (χ1) is 12.0. The molecule has 0 amide bonds. The molecule has 0 aliphatic carbocycles. The molecule has 1 aliphatic heterocycles. The molecular formula is C18H20N2O4S. The normalized spacial score (nSPS) is 17.2. The van der Waals surface area contributed by atoms with Crippen molar-refractivity contribution in [1.82, 2.24) is 4.31 Å². The van der Waals surface area contributed by atoms with Crippen molar-refractivity contribution < 1.29 is 18.0 Å². The summed E-state index contributed by atoms with van der Waals surface area (Å²) in [5.74, 6) is 0.613. The Balaban J connectivity index is 1.65. The maximum atomic E-state index is 12.7. The Morgan fingerprint density at radius 1 is 1.16 bits per heavy atom. The molecule has 0 bridgehead atoms. The molecule has 1 unspecified atom stereocenters. The van der Waals surface area contributed by atoms with Crippen molar-refractivity contribution in [2.24, 2.45) is 5.16 Å². The zero-order valence-electron chi connectivity index (χ0n) is 14.1. The first-order valence-electron chi connectivity index (χ1n) is 7.89. The summed E-state index contributed by atoms with van der Waals surface area (Å²) in [6.45, 7) is 0.230. The molecule has 2 aromatic carbocycles. The minimum absolute atomic E-state index is 0.220. The number of ether oxygens (including phenoxy) is 1. The second-order valence-electron chi connectivity index (χ2n) is 5.80. The van der Waals surface area contributed by atoms with E-state index in [9.17, 15) is 8.42 Å². The minimum atomic E-state index is -3.59. The van der Waals surface area contributed by atoms with Gasteiger partial charge in [0.15, 0.2) is 0 Å². The van der Waals surface area contributed by atoms with Crippen LogP contribution in [-0.2, 0) is 14.9 Å². The molecule has 25 heavy (non-hydrogen) atoms. The summed E-state index contributed by atoms with van der Waals surface area (Å²) < 4.78 is 31.7. The number of benzene rings is 2. The van der Waals surface area contributed by atoms with E-state index in [2.05, 4.69) is 5.16 Å². The summed E-state index contributed by atoms with van der Waals surface area (Å²) in [6.07, 6.45) is 0.278. The summed E-state index contributed by atoms with van der Waals surface area (Å²) >= 11 is 0. The van der Waals surface area contributed by atoms with E-state index < -0.39 is 10.0 Å². The smallest absolute Gasteiger partial charge is 0.242 e. The Labute approximate surface area is 147 Å². The van der Waals surface area contributed by atoms with Crippen molar-refractivity contribution in [3.05, 3.63) is 60.2 Å². The van der Waals surface area contributed by atoms with Gasteiger partial charge in [-0.1, -0.05) is 35.5 Å². The second-order valence-corrected chi connectivity index (χ2v) is 7.84. The number of likely N-dealkylation sites (N-methyl/N-ethyl adjacent to an activating group) is 1. The van der Waals surface area contributed by atoms with Crippen LogP contribution in [0.4, 0.5) is 0 Å². The third kappa shape index (κ3) is 3.83. The van der Waals surface area contributed by atoms with Gasteiger partial charge in [0, 0.05) is 13.5 Å². The van der Waals surface area contributed by atoms with Gasteiger partial charge < -0.3 is 9.57 Å². The van der Waals surface area contributed by atoms with Crippen molar-refractivity contribution >= 4 is 15.7 Å². The van der Waals surface area contributed by atoms with Crippen LogP contribution < -0.4 is 4.74 Å². The molecule has 1 heterocycles. The lowest BCUT2D eigenvalue weighted by molar-refractivity contribution is 0.0740. The predicted octanol–water partition coefficient (Wildman–Crippen LogP) is 2.51. The molecule has 2 aromatic rings. The Hall–Kier alpha value is -2.38. The third-order valence-corrected chi connectivity index (χ3v) is 5.91. The average Bonchev–Trinajstić information content (AvgIpc) is 3.11. The van der Waals surface area contributed by atoms with Gasteiger partial charge >= 0.3 is 0 Å². The summed E-state index contributed by atoms with van der Waals surface area (Å²) in [5, 5.41) is 4.10. The highest BCUT2D eigenvalue weighted by atomic mass is 32.2. The van der Waals surface area contributed by atoms with Gasteiger partial charge in [-0.05, 0) is 29.8 Å². The highest BCUT2D eigenvalue weighted by Gasteiger charge is 2.28. The van der Waals surface area contributed by atoms with Crippen LogP contribution in [0.5, 0.6) is 5.75 Å². The molecule has 0 aromatic heterocycles. The molecule has 0 N–H and O–H groups in total. The van der Waals surface area contributed by atoms with Crippen LogP contribution >= 0.6 is 0 Å². The first-order valence-corrected chi connectivity index (χ1v) is 9.33. The van der Waals surface area contributed by atoms with Gasteiger partial charge in [0.05, 0.1) is 24.3 Å². The van der Waals surface area contributed by atoms with E-state index in [0.29, 0.717) is 12.2 Å². The standard InChI is InChI=1S/C18H20N2O4S/c1-20(25(21,22)17-10-8-15(23-2)9-11-17)13-16-12-18(19-24-16)14-6-4-3-5-7-14/h3-11,16H,12-13H2,1-2H3. The molecule has 7 heteroatoms. The SMILES string of the molecule is COc1ccc(S(=O)(=O)N(C)CC2CC(c3ccccc3)=NO2)cc1. The van der Waals surface area contributed by atoms with Gasteiger partial charge in [0.25, 0.3) is 0 Å². The van der Waals surface area contributed by atoms with E-state index >= 15 is 0 Å². The molecule has 1 aliphatic rings. The molecule has 0 fully saturated rings. The fourth-order valence-corrected chi connectivity index (χ4v) is 3.84. The Kier molecular flexibility index (Phi) is 5.06. The molecule has 0 radical (unpaired) electrons. The van der Waals surface area contributed by atoms with Gasteiger partial charge in [-0.2, -0.15) is 4.31 Å². The molecule has 132 valence electrons. The predicted molar refractivity (Wildman–Crippen MR) is 95.3 cm³/mol. The van der Waals surface area contributed by atoms with Crippen LogP contribution in [0, 0.1) is 0 Å². The number of hydrogen-bond acceptors (Lipinski definition) is 5. The molecule has 0 saturated carbocycles. The van der Waals surface area contributed by atoms with Crippen LogP contribution in [0.2, 0.25) is 0 Å². The van der Waals surface area contributed by atoms with Crippen molar-refractivity contribution in [2.75, 3.05) is 20.7 Å². The van der Waals surface area contributed by atoms with E-state index in [0.717, 1.165) is 11.3 Å². The molecular weight excluding hydrogens is 340 g/mol. The van der Waals surface area contributed by atoms with E-state index in [1.165, 1.54) is 23.5 Å². The average molecular weight is 360 g/mol. The van der Waals surface area contributed by atoms with Gasteiger partial charge in [-0.25, -0.2) is 8.42 Å². The molecule has 0 saturated heterocycles. The zero-order chi connectivity index (χ0) is 17.9. The zero-order valence-corrected chi connectivity index (χ0v) is 14.9. The fraction of sp³-hybridized carbons (Fsp3) is 0.278. The van der Waals surface area contributed by atoms with Crippen LogP contribution in [0.3, 0.4) is 0 Å². The lowest BCUT2D eigenvalue weighted by Gasteiger charge is -2.20. The van der Waals surface area contributed by atoms with Gasteiger partial charge in [-0.15, -0.1) is 0 Å². The number of oxime groups is 1. The lowest BCUT2D eigenvalue weighted by Crippen LogP contribution is -2.34. The van der Waals surface area contributed by atoms with Crippen molar-refractivity contribution in [3.63, 3.8) is 0 Å². The Bertz CT molecular complexity index is 848. The van der Waals surface area contributed by atoms with E-state index in [-0.39, 0.29) is 17.5 Å². The molecule has 0 spiro atoms. The number of methoxy groups -OCH3 is 1. The van der Waals surface area contributed by atoms with Crippen LogP contribution in [0.1, 0.15) is 12.0 Å². The van der Waals surface area contributed by atoms with E-state index in [1.54, 1.807) is 19.2 Å². The number of rotatable bonds is 6. The molecule has 3 rings (SSSR count). The summed E-state index contributed by atoms with van der Waals surface area (Å²) in [4.78, 5) is 5.64. The lowest BCUT2D eigenvalue weighted by atomic mass is 10.1. The maximum Gasteiger partial charge on any atom is 0.242 e. The highest BCUT2D eigenvalue weighted by molar-refractivity contribution is 7.89. The van der Waals surface area contributed by atoms with Gasteiger partial charge in [-0.3, -0.25) is 0 Å². The monoisotopic (exact) mass is 360 g/mol.